The first kappa shape index (κ1) is 14.1. The summed E-state index contributed by atoms with van der Waals surface area (Å²) in [5.74, 6) is 1.06. The van der Waals surface area contributed by atoms with Gasteiger partial charge in [0, 0.05) is 24.9 Å². The molecule has 0 saturated carbocycles. The van der Waals surface area contributed by atoms with Crippen LogP contribution in [-0.4, -0.2) is 18.1 Å². The lowest BCUT2D eigenvalue weighted by Gasteiger charge is -2.19. The molecule has 21 heavy (non-hydrogen) atoms. The largest absolute Gasteiger partial charge is 0.493 e. The average molecular weight is 282 g/mol. The lowest BCUT2D eigenvalue weighted by Crippen LogP contribution is -2.21. The van der Waals surface area contributed by atoms with Crippen molar-refractivity contribution in [2.45, 2.75) is 32.2 Å². The average Bonchev–Trinajstić information content (AvgIpc) is 3.00. The molecule has 3 nitrogen and oxygen atoms in total. The molecule has 0 amide bonds. The summed E-state index contributed by atoms with van der Waals surface area (Å²) in [5, 5.41) is 3.60. The van der Waals surface area contributed by atoms with E-state index >= 15 is 0 Å². The first-order valence-corrected chi connectivity index (χ1v) is 7.74. The Hall–Kier alpha value is -1.87. The van der Waals surface area contributed by atoms with Gasteiger partial charge in [-0.05, 0) is 54.3 Å². The minimum absolute atomic E-state index is 0.397. The zero-order valence-corrected chi connectivity index (χ0v) is 12.5. The van der Waals surface area contributed by atoms with Gasteiger partial charge in [0.1, 0.15) is 5.75 Å². The van der Waals surface area contributed by atoms with Crippen LogP contribution < -0.4 is 10.1 Å². The highest BCUT2D eigenvalue weighted by molar-refractivity contribution is 5.40. The first-order valence-electron chi connectivity index (χ1n) is 7.74. The van der Waals surface area contributed by atoms with Gasteiger partial charge in [0.25, 0.3) is 0 Å². The fourth-order valence-corrected chi connectivity index (χ4v) is 2.92. The second kappa shape index (κ2) is 6.72. The van der Waals surface area contributed by atoms with Gasteiger partial charge in [-0.3, -0.25) is 4.98 Å². The molecule has 0 bridgehead atoms. The van der Waals surface area contributed by atoms with E-state index in [1.54, 1.807) is 0 Å². The van der Waals surface area contributed by atoms with Crippen molar-refractivity contribution >= 4 is 0 Å². The van der Waals surface area contributed by atoms with Crippen LogP contribution >= 0.6 is 0 Å². The van der Waals surface area contributed by atoms with Gasteiger partial charge in [-0.25, -0.2) is 0 Å². The van der Waals surface area contributed by atoms with E-state index in [1.807, 2.05) is 12.4 Å². The van der Waals surface area contributed by atoms with Crippen LogP contribution in [0.5, 0.6) is 5.75 Å². The molecule has 0 spiro atoms. The van der Waals surface area contributed by atoms with Crippen molar-refractivity contribution in [3.8, 4) is 5.75 Å². The normalized spacial score (nSPS) is 14.5. The summed E-state index contributed by atoms with van der Waals surface area (Å²) in [6.45, 7) is 3.96. The topological polar surface area (TPSA) is 34.2 Å². The standard InChI is InChI=1S/C18H22N2O/c1-2-20-17(5-3-14-7-10-19-11-8-14)15-4-6-18-16(13-15)9-12-21-18/h4,6-8,10-11,13,17,20H,2-3,5,9,12H2,1H3. The zero-order valence-electron chi connectivity index (χ0n) is 12.5. The number of benzene rings is 1. The van der Waals surface area contributed by atoms with E-state index in [4.69, 9.17) is 4.74 Å². The number of hydrogen-bond donors (Lipinski definition) is 1. The Kier molecular flexibility index (Phi) is 4.51. The lowest BCUT2D eigenvalue weighted by atomic mass is 9.97. The molecule has 0 fully saturated rings. The molecule has 1 aromatic heterocycles. The number of aromatic nitrogens is 1. The van der Waals surface area contributed by atoms with Gasteiger partial charge in [-0.15, -0.1) is 0 Å². The minimum atomic E-state index is 0.397. The van der Waals surface area contributed by atoms with E-state index in [0.717, 1.165) is 38.2 Å². The Morgan fingerprint density at radius 2 is 2.10 bits per heavy atom. The SMILES string of the molecule is CCNC(CCc1ccncc1)c1ccc2c(c1)CCO2. The van der Waals surface area contributed by atoms with E-state index < -0.39 is 0 Å². The smallest absolute Gasteiger partial charge is 0.122 e. The van der Waals surface area contributed by atoms with Gasteiger partial charge in [-0.1, -0.05) is 19.1 Å². The summed E-state index contributed by atoms with van der Waals surface area (Å²) < 4.78 is 5.60. The highest BCUT2D eigenvalue weighted by Gasteiger charge is 2.16. The molecule has 1 atom stereocenters. The minimum Gasteiger partial charge on any atom is -0.493 e. The maximum atomic E-state index is 5.60. The maximum Gasteiger partial charge on any atom is 0.122 e. The van der Waals surface area contributed by atoms with Gasteiger partial charge < -0.3 is 10.1 Å². The fourth-order valence-electron chi connectivity index (χ4n) is 2.92. The lowest BCUT2D eigenvalue weighted by molar-refractivity contribution is 0.356. The fraction of sp³-hybridized carbons (Fsp3) is 0.389. The Balaban J connectivity index is 1.72. The third kappa shape index (κ3) is 3.42. The Bertz CT molecular complexity index is 583. The van der Waals surface area contributed by atoms with Crippen molar-refractivity contribution in [2.24, 2.45) is 0 Å². The van der Waals surface area contributed by atoms with Crippen molar-refractivity contribution in [1.29, 1.82) is 0 Å². The molecule has 1 unspecified atom stereocenters. The monoisotopic (exact) mass is 282 g/mol. The predicted octanol–water partition coefficient (Wildman–Crippen LogP) is 3.30. The summed E-state index contributed by atoms with van der Waals surface area (Å²) in [6, 6.07) is 11.2. The van der Waals surface area contributed by atoms with E-state index in [0.29, 0.717) is 6.04 Å². The second-order valence-corrected chi connectivity index (χ2v) is 5.47. The van der Waals surface area contributed by atoms with Crippen LogP contribution in [0.1, 0.15) is 36.1 Å². The molecule has 110 valence electrons. The van der Waals surface area contributed by atoms with Crippen molar-refractivity contribution in [3.63, 3.8) is 0 Å². The third-order valence-electron chi connectivity index (χ3n) is 4.04. The van der Waals surface area contributed by atoms with Crippen molar-refractivity contribution in [2.75, 3.05) is 13.2 Å². The summed E-state index contributed by atoms with van der Waals surface area (Å²) in [4.78, 5) is 4.08. The van der Waals surface area contributed by atoms with E-state index in [2.05, 4.69) is 47.6 Å². The van der Waals surface area contributed by atoms with Crippen LogP contribution in [0.15, 0.2) is 42.7 Å². The Morgan fingerprint density at radius 3 is 2.90 bits per heavy atom. The number of aryl methyl sites for hydroxylation is 1. The second-order valence-electron chi connectivity index (χ2n) is 5.47. The quantitative estimate of drug-likeness (QED) is 0.882. The van der Waals surface area contributed by atoms with Crippen LogP contribution in [0.4, 0.5) is 0 Å². The molecular formula is C18H22N2O. The molecular weight excluding hydrogens is 260 g/mol. The predicted molar refractivity (Wildman–Crippen MR) is 84.6 cm³/mol. The number of pyridine rings is 1. The number of nitrogens with one attached hydrogen (secondary N) is 1. The zero-order chi connectivity index (χ0) is 14.5. The molecule has 3 rings (SSSR count). The molecule has 1 N–H and O–H groups in total. The van der Waals surface area contributed by atoms with Crippen molar-refractivity contribution in [3.05, 3.63) is 59.4 Å². The number of fused-ring (bicyclic) bond motifs is 1. The number of rotatable bonds is 6. The van der Waals surface area contributed by atoms with Crippen molar-refractivity contribution in [1.82, 2.24) is 10.3 Å². The third-order valence-corrected chi connectivity index (χ3v) is 4.04. The highest BCUT2D eigenvalue weighted by atomic mass is 16.5. The summed E-state index contributed by atoms with van der Waals surface area (Å²) in [6.07, 6.45) is 6.92. The Labute approximate surface area is 126 Å². The van der Waals surface area contributed by atoms with Gasteiger partial charge in [0.15, 0.2) is 0 Å². The molecule has 0 aliphatic carbocycles. The van der Waals surface area contributed by atoms with Gasteiger partial charge in [-0.2, -0.15) is 0 Å². The maximum absolute atomic E-state index is 5.60. The van der Waals surface area contributed by atoms with Crippen LogP contribution in [0.2, 0.25) is 0 Å². The Morgan fingerprint density at radius 1 is 1.24 bits per heavy atom. The van der Waals surface area contributed by atoms with Crippen LogP contribution in [0, 0.1) is 0 Å². The highest BCUT2D eigenvalue weighted by Crippen LogP contribution is 2.29. The van der Waals surface area contributed by atoms with Crippen LogP contribution in [-0.2, 0) is 12.8 Å². The molecule has 1 aromatic carbocycles. The van der Waals surface area contributed by atoms with Gasteiger partial charge >= 0.3 is 0 Å². The van der Waals surface area contributed by atoms with Crippen LogP contribution in [0.3, 0.4) is 0 Å². The van der Waals surface area contributed by atoms with E-state index in [9.17, 15) is 0 Å². The molecule has 1 aliphatic heterocycles. The van der Waals surface area contributed by atoms with Crippen LogP contribution in [0.25, 0.3) is 0 Å². The molecule has 1 aliphatic rings. The molecule has 0 radical (unpaired) electrons. The summed E-state index contributed by atoms with van der Waals surface area (Å²) in [5.41, 5.74) is 4.06. The molecule has 0 saturated heterocycles. The molecule has 3 heteroatoms. The van der Waals surface area contributed by atoms with Crippen molar-refractivity contribution < 1.29 is 4.74 Å². The van der Waals surface area contributed by atoms with E-state index in [1.165, 1.54) is 16.7 Å². The number of hydrogen-bond acceptors (Lipinski definition) is 3. The first-order chi connectivity index (χ1) is 10.4. The van der Waals surface area contributed by atoms with Gasteiger partial charge in [0.05, 0.1) is 6.61 Å². The molecule has 2 aromatic rings. The summed E-state index contributed by atoms with van der Waals surface area (Å²) >= 11 is 0. The number of nitrogens with zero attached hydrogens (tertiary/aromatic N) is 1. The van der Waals surface area contributed by atoms with Gasteiger partial charge in [0.2, 0.25) is 0 Å². The number of ether oxygens (including phenoxy) is 1. The summed E-state index contributed by atoms with van der Waals surface area (Å²) in [7, 11) is 0. The van der Waals surface area contributed by atoms with E-state index in [-0.39, 0.29) is 0 Å². The molecule has 2 heterocycles.